The molecular formula is C42H42ClN9O4S. The van der Waals surface area contributed by atoms with E-state index >= 15 is 0 Å². The number of hydrogen-bond donors (Lipinski definition) is 3. The van der Waals surface area contributed by atoms with Gasteiger partial charge < -0.3 is 14.5 Å². The predicted octanol–water partition coefficient (Wildman–Crippen LogP) is 5.63. The van der Waals surface area contributed by atoms with E-state index in [1.54, 1.807) is 29.0 Å². The first kappa shape index (κ1) is 38.3. The molecule has 2 aromatic heterocycles. The van der Waals surface area contributed by atoms with Crippen LogP contribution in [0.1, 0.15) is 82.6 Å². The van der Waals surface area contributed by atoms with Gasteiger partial charge in [-0.05, 0) is 69.9 Å². The summed E-state index contributed by atoms with van der Waals surface area (Å²) in [5.41, 5.74) is 5.61. The van der Waals surface area contributed by atoms with E-state index in [4.69, 9.17) is 32.1 Å². The largest absolute Gasteiger partial charge is 0.490 e. The normalized spacial score (nSPS) is 20.0. The summed E-state index contributed by atoms with van der Waals surface area (Å²) in [6.45, 7) is 9.12. The number of amidine groups is 2. The van der Waals surface area contributed by atoms with Gasteiger partial charge in [-0.3, -0.25) is 45.1 Å². The maximum atomic E-state index is 13.2. The number of halogens is 1. The molecular weight excluding hydrogens is 762 g/mol. The van der Waals surface area contributed by atoms with E-state index in [0.29, 0.717) is 29.3 Å². The van der Waals surface area contributed by atoms with Crippen molar-refractivity contribution in [1.82, 2.24) is 24.9 Å². The summed E-state index contributed by atoms with van der Waals surface area (Å²) in [6, 6.07) is 11.9. The number of likely N-dealkylation sites (tertiary alicyclic amines) is 1. The van der Waals surface area contributed by atoms with Crippen LogP contribution in [-0.2, 0) is 22.7 Å². The Balaban J connectivity index is 0.890. The number of thiophene rings is 1. The molecule has 57 heavy (non-hydrogen) atoms. The molecule has 3 N–H and O–H groups in total. The first-order valence-corrected chi connectivity index (χ1v) is 20.3. The highest BCUT2D eigenvalue weighted by Crippen LogP contribution is 2.40. The minimum absolute atomic E-state index is 0.00683. The molecule has 4 aliphatic rings. The Morgan fingerprint density at radius 1 is 1.07 bits per heavy atom. The third-order valence-corrected chi connectivity index (χ3v) is 12.4. The number of amides is 3. The van der Waals surface area contributed by atoms with Crippen LogP contribution in [-0.4, -0.2) is 92.5 Å². The quantitative estimate of drug-likeness (QED) is 0.0945. The van der Waals surface area contributed by atoms with Gasteiger partial charge in [-0.15, -0.1) is 11.3 Å². The van der Waals surface area contributed by atoms with Crippen LogP contribution in [0.2, 0.25) is 5.02 Å². The highest BCUT2D eigenvalue weighted by atomic mass is 35.5. The summed E-state index contributed by atoms with van der Waals surface area (Å²) in [6.07, 6.45) is 5.96. The van der Waals surface area contributed by atoms with Gasteiger partial charge in [0.15, 0.2) is 0 Å². The third kappa shape index (κ3) is 7.62. The fourth-order valence-electron chi connectivity index (χ4n) is 7.85. The lowest BCUT2D eigenvalue weighted by atomic mass is 9.99. The van der Waals surface area contributed by atoms with Crippen LogP contribution in [0, 0.1) is 29.6 Å². The number of anilines is 1. The summed E-state index contributed by atoms with van der Waals surface area (Å²) in [4.78, 5) is 48.8. The summed E-state index contributed by atoms with van der Waals surface area (Å²) < 4.78 is 8.39. The highest BCUT2D eigenvalue weighted by Gasteiger charge is 2.40. The van der Waals surface area contributed by atoms with Crippen molar-refractivity contribution in [2.45, 2.75) is 77.7 Å². The molecule has 292 valence electrons. The molecule has 2 aromatic carbocycles. The molecule has 0 radical (unpaired) electrons. The van der Waals surface area contributed by atoms with E-state index in [9.17, 15) is 14.4 Å². The van der Waals surface area contributed by atoms with Gasteiger partial charge in [0.1, 0.15) is 40.6 Å². The van der Waals surface area contributed by atoms with E-state index in [1.165, 1.54) is 11.3 Å². The number of nitrogens with one attached hydrogen (secondary N) is 3. The molecule has 0 aliphatic carbocycles. The molecule has 0 spiro atoms. The summed E-state index contributed by atoms with van der Waals surface area (Å²) >= 11 is 7.67. The number of ether oxygens (including phenoxy) is 1. The fraction of sp³-hybridized carbons (Fsp3) is 0.357. The summed E-state index contributed by atoms with van der Waals surface area (Å²) in [7, 11) is 0. The van der Waals surface area contributed by atoms with Crippen LogP contribution in [0.25, 0.3) is 0 Å². The van der Waals surface area contributed by atoms with Crippen LogP contribution in [0.4, 0.5) is 5.00 Å². The van der Waals surface area contributed by atoms with Gasteiger partial charge in [0.05, 0.1) is 35.4 Å². The monoisotopic (exact) mass is 803 g/mol. The van der Waals surface area contributed by atoms with Crippen molar-refractivity contribution in [2.24, 2.45) is 4.99 Å². The Morgan fingerprint density at radius 2 is 1.84 bits per heavy atom. The van der Waals surface area contributed by atoms with E-state index < -0.39 is 18.0 Å². The molecule has 4 aliphatic heterocycles. The van der Waals surface area contributed by atoms with Gasteiger partial charge in [0, 0.05) is 59.5 Å². The molecule has 2 atom stereocenters. The van der Waals surface area contributed by atoms with Gasteiger partial charge in [0.2, 0.25) is 11.8 Å². The number of imide groups is 1. The average Bonchev–Trinajstić information content (AvgIpc) is 3.86. The van der Waals surface area contributed by atoms with Crippen molar-refractivity contribution >= 4 is 63.0 Å². The number of aromatic nitrogens is 2. The lowest BCUT2D eigenvalue weighted by Gasteiger charge is -2.32. The fourth-order valence-corrected chi connectivity index (χ4v) is 9.21. The number of carbonyl (C=O) groups excluding carboxylic acids is 3. The van der Waals surface area contributed by atoms with Gasteiger partial charge >= 0.3 is 0 Å². The lowest BCUT2D eigenvalue weighted by molar-refractivity contribution is -0.136. The molecule has 4 aromatic rings. The molecule has 13 nitrogen and oxygen atoms in total. The third-order valence-electron chi connectivity index (χ3n) is 10.9. The minimum Gasteiger partial charge on any atom is -0.490 e. The van der Waals surface area contributed by atoms with Crippen molar-refractivity contribution in [3.05, 3.63) is 98.1 Å². The van der Waals surface area contributed by atoms with Crippen molar-refractivity contribution in [3.63, 3.8) is 0 Å². The maximum Gasteiger partial charge on any atom is 0.255 e. The molecule has 0 bridgehead atoms. The topological polar surface area (TPSA) is 160 Å². The molecule has 6 heterocycles. The number of rotatable bonds is 7. The van der Waals surface area contributed by atoms with Crippen LogP contribution in [0.3, 0.4) is 0 Å². The van der Waals surface area contributed by atoms with E-state index in [0.717, 1.165) is 75.9 Å². The number of benzene rings is 2. The first-order valence-electron chi connectivity index (χ1n) is 19.1. The van der Waals surface area contributed by atoms with Gasteiger partial charge in [-0.25, -0.2) is 0 Å². The Bertz CT molecular complexity index is 2400. The zero-order chi connectivity index (χ0) is 40.0. The van der Waals surface area contributed by atoms with Crippen molar-refractivity contribution < 1.29 is 19.1 Å². The molecule has 0 saturated carbocycles. The molecule has 2 saturated heterocycles. The van der Waals surface area contributed by atoms with Gasteiger partial charge in [0.25, 0.3) is 5.91 Å². The van der Waals surface area contributed by atoms with E-state index in [2.05, 4.69) is 27.2 Å². The van der Waals surface area contributed by atoms with Crippen molar-refractivity contribution in [3.8, 4) is 17.6 Å². The Labute approximate surface area is 339 Å². The summed E-state index contributed by atoms with van der Waals surface area (Å²) in [5.74, 6) is 6.88. The molecule has 15 heteroatoms. The van der Waals surface area contributed by atoms with Crippen molar-refractivity contribution in [2.75, 3.05) is 24.5 Å². The highest BCUT2D eigenvalue weighted by molar-refractivity contribution is 7.17. The van der Waals surface area contributed by atoms with Crippen molar-refractivity contribution in [1.29, 1.82) is 10.8 Å². The average molecular weight is 804 g/mol. The lowest BCUT2D eigenvalue weighted by Crippen LogP contribution is -2.52. The number of nitrogens with zero attached hydrogens (tertiary/aromatic N) is 6. The van der Waals surface area contributed by atoms with Gasteiger partial charge in [-0.2, -0.15) is 5.10 Å². The standard InChI is InChI=1S/C42H42ClN9O4S/c1-24-35(57-42-37(24)38(28-8-10-29(43)11-9-28)47-25(2)39(45)52(42)26(3)44)13-7-27-21-46-50(22-27)20-19-49-17-15-30(16-18-49)56-34-6-4-5-31-32(34)23-51(41(31)55)33-12-14-36(53)48-40(33)54/h4-6,8-11,21-22,25,30,33,44-45H,12,14-20,23H2,1-3H3,(H,48,53,54)/t25-,33?/m0/s1. The number of piperidine rings is 2. The maximum absolute atomic E-state index is 13.2. The second kappa shape index (κ2) is 15.7. The van der Waals surface area contributed by atoms with Crippen LogP contribution in [0.15, 0.2) is 59.9 Å². The number of carbonyl (C=O) groups is 3. The zero-order valence-corrected chi connectivity index (χ0v) is 33.5. The van der Waals surface area contributed by atoms with Crippen LogP contribution in [0.5, 0.6) is 5.75 Å². The predicted molar refractivity (Wildman–Crippen MR) is 220 cm³/mol. The Kier molecular flexibility index (Phi) is 10.6. The Morgan fingerprint density at radius 3 is 2.58 bits per heavy atom. The smallest absolute Gasteiger partial charge is 0.255 e. The van der Waals surface area contributed by atoms with Crippen LogP contribution < -0.4 is 15.0 Å². The summed E-state index contributed by atoms with van der Waals surface area (Å²) in [5, 5.41) is 25.7. The van der Waals surface area contributed by atoms with E-state index in [1.807, 2.05) is 61.1 Å². The first-order chi connectivity index (χ1) is 27.4. The zero-order valence-electron chi connectivity index (χ0n) is 31.9. The second-order valence-corrected chi connectivity index (χ2v) is 16.2. The van der Waals surface area contributed by atoms with Gasteiger partial charge in [-0.1, -0.05) is 41.6 Å². The molecule has 8 rings (SSSR count). The number of fused-ring (bicyclic) bond motifs is 2. The Hall–Kier alpha value is -5.62. The molecule has 1 unspecified atom stereocenters. The number of aliphatic imine (C=N–C) groups is 1. The molecule has 3 amide bonds. The van der Waals surface area contributed by atoms with Crippen LogP contribution >= 0.6 is 22.9 Å². The number of hydrogen-bond acceptors (Lipinski definition) is 10. The SMILES string of the molecule is CC(=N)N1C(=N)[C@H](C)N=C(c2ccc(Cl)cc2)c2c1sc(C#Cc1cnn(CCN3CCC(Oc4cccc5c4CN(C4CCC(=O)NC4=O)C5=O)CC3)c1)c2C. The van der Waals surface area contributed by atoms with E-state index in [-0.39, 0.29) is 42.6 Å². The molecule has 2 fully saturated rings. The second-order valence-electron chi connectivity index (χ2n) is 14.8. The minimum atomic E-state index is -0.660.